The molecule has 1 atom stereocenters. The highest BCUT2D eigenvalue weighted by atomic mass is 16.5. The molecule has 28 heavy (non-hydrogen) atoms. The van der Waals surface area contributed by atoms with Crippen LogP contribution in [0.5, 0.6) is 0 Å². The van der Waals surface area contributed by atoms with Gasteiger partial charge >= 0.3 is 5.97 Å². The summed E-state index contributed by atoms with van der Waals surface area (Å²) in [7, 11) is 3.92. The predicted molar refractivity (Wildman–Crippen MR) is 114 cm³/mol. The van der Waals surface area contributed by atoms with Crippen LogP contribution >= 0.6 is 0 Å². The molecule has 4 heteroatoms. The molecule has 0 radical (unpaired) electrons. The average molecular weight is 372 g/mol. The van der Waals surface area contributed by atoms with E-state index in [1.165, 1.54) is 11.1 Å². The zero-order valence-electron chi connectivity index (χ0n) is 16.6. The molecule has 4 rings (SSSR count). The van der Waals surface area contributed by atoms with Crippen LogP contribution in [0.25, 0.3) is 0 Å². The van der Waals surface area contributed by atoms with Gasteiger partial charge in [0.1, 0.15) is 0 Å². The summed E-state index contributed by atoms with van der Waals surface area (Å²) >= 11 is 0. The third kappa shape index (κ3) is 3.22. The van der Waals surface area contributed by atoms with Gasteiger partial charge in [-0.15, -0.1) is 0 Å². The number of esters is 1. The van der Waals surface area contributed by atoms with Crippen molar-refractivity contribution in [1.82, 2.24) is 0 Å². The number of hydrogen-bond donors (Lipinski definition) is 1. The maximum atomic E-state index is 12.3. The molecule has 0 amide bonds. The number of carbonyl (C=O) groups is 1. The predicted octanol–water partition coefficient (Wildman–Crippen LogP) is 5.37. The first kappa shape index (κ1) is 18.1. The number of ether oxygens (including phenoxy) is 1. The van der Waals surface area contributed by atoms with Gasteiger partial charge in [0.2, 0.25) is 0 Å². The van der Waals surface area contributed by atoms with Gasteiger partial charge in [0.15, 0.2) is 6.10 Å². The van der Waals surface area contributed by atoms with Crippen LogP contribution in [0.4, 0.5) is 17.1 Å². The van der Waals surface area contributed by atoms with Gasteiger partial charge < -0.3 is 15.0 Å². The lowest BCUT2D eigenvalue weighted by Gasteiger charge is -2.15. The first-order valence-electron chi connectivity index (χ1n) is 9.39. The molecule has 0 fully saturated rings. The van der Waals surface area contributed by atoms with Crippen molar-refractivity contribution in [2.75, 3.05) is 24.3 Å². The van der Waals surface area contributed by atoms with Gasteiger partial charge in [0.25, 0.3) is 0 Å². The van der Waals surface area contributed by atoms with Crippen molar-refractivity contribution >= 4 is 23.0 Å². The number of hydrogen-bond acceptors (Lipinski definition) is 4. The lowest BCUT2D eigenvalue weighted by Crippen LogP contribution is -2.09. The molecule has 1 aliphatic rings. The van der Waals surface area contributed by atoms with Gasteiger partial charge in [-0.05, 0) is 60.9 Å². The Kier molecular flexibility index (Phi) is 4.55. The fourth-order valence-electron chi connectivity index (χ4n) is 3.49. The number of nitrogens with zero attached hydrogens (tertiary/aromatic N) is 1. The topological polar surface area (TPSA) is 41.6 Å². The molecule has 142 valence electrons. The molecule has 0 aromatic heterocycles. The molecule has 3 aromatic rings. The molecule has 0 saturated heterocycles. The standard InChI is InChI=1S/C24H24N2O2/c1-15-6-5-7-22(16(15)2)25-18-10-8-17(9-11-18)23-20-13-12-19(26(3)4)14-21(20)24(27)28-23/h5-14,23,25H,1-4H3. The second kappa shape index (κ2) is 7.04. The van der Waals surface area contributed by atoms with Crippen molar-refractivity contribution in [1.29, 1.82) is 0 Å². The van der Waals surface area contributed by atoms with E-state index in [9.17, 15) is 4.79 Å². The van der Waals surface area contributed by atoms with Crippen molar-refractivity contribution in [2.24, 2.45) is 0 Å². The first-order chi connectivity index (χ1) is 13.4. The molecule has 1 unspecified atom stereocenters. The summed E-state index contributed by atoms with van der Waals surface area (Å²) in [5.41, 5.74) is 8.13. The average Bonchev–Trinajstić information content (AvgIpc) is 3.02. The van der Waals surface area contributed by atoms with Crippen LogP contribution < -0.4 is 10.2 Å². The number of cyclic esters (lactones) is 1. The van der Waals surface area contributed by atoms with E-state index >= 15 is 0 Å². The smallest absolute Gasteiger partial charge is 0.339 e. The summed E-state index contributed by atoms with van der Waals surface area (Å²) in [5, 5.41) is 3.47. The second-order valence-electron chi connectivity index (χ2n) is 7.45. The minimum absolute atomic E-state index is 0.263. The number of aryl methyl sites for hydroxylation is 1. The van der Waals surface area contributed by atoms with Gasteiger partial charge in [0, 0.05) is 36.7 Å². The molecule has 0 spiro atoms. The van der Waals surface area contributed by atoms with Crippen LogP contribution in [-0.2, 0) is 4.74 Å². The lowest BCUT2D eigenvalue weighted by atomic mass is 9.98. The van der Waals surface area contributed by atoms with Gasteiger partial charge in [-0.3, -0.25) is 0 Å². The van der Waals surface area contributed by atoms with E-state index in [0.717, 1.165) is 28.2 Å². The van der Waals surface area contributed by atoms with Crippen LogP contribution in [0, 0.1) is 13.8 Å². The van der Waals surface area contributed by atoms with Crippen LogP contribution in [0.2, 0.25) is 0 Å². The summed E-state index contributed by atoms with van der Waals surface area (Å²) in [6, 6.07) is 20.2. The quantitative estimate of drug-likeness (QED) is 0.625. The van der Waals surface area contributed by atoms with Gasteiger partial charge in [-0.25, -0.2) is 4.79 Å². The molecular weight excluding hydrogens is 348 g/mol. The highest BCUT2D eigenvalue weighted by Crippen LogP contribution is 2.38. The third-order valence-electron chi connectivity index (χ3n) is 5.38. The minimum atomic E-state index is -0.353. The summed E-state index contributed by atoms with van der Waals surface area (Å²) in [5.74, 6) is -0.263. The Hall–Kier alpha value is -3.27. The summed E-state index contributed by atoms with van der Waals surface area (Å²) in [4.78, 5) is 14.3. The van der Waals surface area contributed by atoms with Crippen molar-refractivity contribution < 1.29 is 9.53 Å². The van der Waals surface area contributed by atoms with Gasteiger partial charge in [0.05, 0.1) is 5.56 Å². The van der Waals surface area contributed by atoms with E-state index < -0.39 is 0 Å². The van der Waals surface area contributed by atoms with E-state index in [1.54, 1.807) is 0 Å². The molecule has 1 heterocycles. The fourth-order valence-corrected chi connectivity index (χ4v) is 3.49. The SMILES string of the molecule is Cc1cccc(Nc2ccc(C3OC(=O)c4cc(N(C)C)ccc43)cc2)c1C. The Morgan fingerprint density at radius 2 is 1.71 bits per heavy atom. The maximum absolute atomic E-state index is 12.3. The highest BCUT2D eigenvalue weighted by Gasteiger charge is 2.32. The first-order valence-corrected chi connectivity index (χ1v) is 9.39. The Balaban J connectivity index is 1.59. The van der Waals surface area contributed by atoms with Gasteiger partial charge in [-0.1, -0.05) is 30.3 Å². The molecule has 4 nitrogen and oxygen atoms in total. The van der Waals surface area contributed by atoms with E-state index in [0.29, 0.717) is 5.56 Å². The molecular formula is C24H24N2O2. The fraction of sp³-hybridized carbons (Fsp3) is 0.208. The molecule has 0 aliphatic carbocycles. The Morgan fingerprint density at radius 3 is 2.43 bits per heavy atom. The zero-order valence-corrected chi connectivity index (χ0v) is 16.6. The van der Waals surface area contributed by atoms with Crippen LogP contribution in [-0.4, -0.2) is 20.1 Å². The van der Waals surface area contributed by atoms with Crippen molar-refractivity contribution in [3.8, 4) is 0 Å². The van der Waals surface area contributed by atoms with Crippen molar-refractivity contribution in [3.63, 3.8) is 0 Å². The molecule has 0 bridgehead atoms. The third-order valence-corrected chi connectivity index (χ3v) is 5.38. The number of rotatable bonds is 4. The van der Waals surface area contributed by atoms with Crippen LogP contribution in [0.1, 0.15) is 38.7 Å². The lowest BCUT2D eigenvalue weighted by molar-refractivity contribution is 0.0456. The molecule has 3 aromatic carbocycles. The normalized spacial score (nSPS) is 15.1. The number of carbonyl (C=O) groups excluding carboxylic acids is 1. The van der Waals surface area contributed by atoms with Crippen LogP contribution in [0.3, 0.4) is 0 Å². The largest absolute Gasteiger partial charge is 0.449 e. The van der Waals surface area contributed by atoms with E-state index in [1.807, 2.05) is 61.5 Å². The number of nitrogens with one attached hydrogen (secondary N) is 1. The Bertz CT molecular complexity index is 1040. The van der Waals surface area contributed by atoms with E-state index in [-0.39, 0.29) is 12.1 Å². The van der Waals surface area contributed by atoms with Crippen LogP contribution in [0.15, 0.2) is 60.7 Å². The maximum Gasteiger partial charge on any atom is 0.339 e. The molecule has 1 N–H and O–H groups in total. The van der Waals surface area contributed by atoms with E-state index in [2.05, 4.69) is 37.4 Å². The highest BCUT2D eigenvalue weighted by molar-refractivity contribution is 5.95. The number of fused-ring (bicyclic) bond motifs is 1. The zero-order chi connectivity index (χ0) is 19.8. The molecule has 1 aliphatic heterocycles. The minimum Gasteiger partial charge on any atom is -0.449 e. The summed E-state index contributed by atoms with van der Waals surface area (Å²) in [6.07, 6.45) is -0.353. The molecule has 0 saturated carbocycles. The van der Waals surface area contributed by atoms with Crippen molar-refractivity contribution in [3.05, 3.63) is 88.5 Å². The van der Waals surface area contributed by atoms with Gasteiger partial charge in [-0.2, -0.15) is 0 Å². The number of anilines is 3. The summed E-state index contributed by atoms with van der Waals surface area (Å²) in [6.45, 7) is 4.22. The Morgan fingerprint density at radius 1 is 0.964 bits per heavy atom. The van der Waals surface area contributed by atoms with E-state index in [4.69, 9.17) is 4.74 Å². The summed E-state index contributed by atoms with van der Waals surface area (Å²) < 4.78 is 5.67. The van der Waals surface area contributed by atoms with Crippen molar-refractivity contribution in [2.45, 2.75) is 20.0 Å². The number of benzene rings is 3. The monoisotopic (exact) mass is 372 g/mol. The Labute approximate surface area is 165 Å². The second-order valence-corrected chi connectivity index (χ2v) is 7.45.